The maximum Gasteiger partial charge on any atom is 0.254 e. The molecule has 0 aromatic heterocycles. The van der Waals surface area contributed by atoms with E-state index in [-0.39, 0.29) is 23.5 Å². The Hall–Kier alpha value is -2.24. The average molecular weight is 263 g/mol. The van der Waals surface area contributed by atoms with Crippen molar-refractivity contribution in [3.05, 3.63) is 29.8 Å². The molecule has 102 valence electrons. The second kappa shape index (κ2) is 5.60. The fraction of sp³-hybridized carbons (Fsp3) is 0.385. The quantitative estimate of drug-likeness (QED) is 0.322. The normalized spacial score (nSPS) is 20.3. The number of phenols is 1. The number of piperidine rings is 1. The van der Waals surface area contributed by atoms with E-state index in [1.54, 1.807) is 17.0 Å². The van der Waals surface area contributed by atoms with Gasteiger partial charge in [-0.25, -0.2) is 0 Å². The standard InChI is InChI=1S/C13H17N3O3/c14-12(15-19)11-3-1-2-8-16(11)13(18)9-4-6-10(17)7-5-9/h4-7,11,17,19H,1-3,8H2,(H2,14,15). The van der Waals surface area contributed by atoms with Crippen molar-refractivity contribution < 1.29 is 15.1 Å². The zero-order valence-electron chi connectivity index (χ0n) is 10.5. The van der Waals surface area contributed by atoms with Crippen LogP contribution in [-0.4, -0.2) is 39.5 Å². The van der Waals surface area contributed by atoms with Crippen molar-refractivity contribution in [3.63, 3.8) is 0 Å². The molecule has 1 aromatic carbocycles. The van der Waals surface area contributed by atoms with Gasteiger partial charge in [0.15, 0.2) is 5.84 Å². The predicted octanol–water partition coefficient (Wildman–Crippen LogP) is 1.13. The van der Waals surface area contributed by atoms with Gasteiger partial charge in [-0.05, 0) is 43.5 Å². The molecule has 0 spiro atoms. The van der Waals surface area contributed by atoms with Crippen LogP contribution in [-0.2, 0) is 0 Å². The summed E-state index contributed by atoms with van der Waals surface area (Å²) in [5.41, 5.74) is 6.13. The third-order valence-electron chi connectivity index (χ3n) is 3.33. The van der Waals surface area contributed by atoms with Crippen molar-refractivity contribution in [2.75, 3.05) is 6.54 Å². The molecule has 1 heterocycles. The maximum atomic E-state index is 12.4. The summed E-state index contributed by atoms with van der Waals surface area (Å²) in [6.07, 6.45) is 2.54. The van der Waals surface area contributed by atoms with E-state index in [0.29, 0.717) is 18.5 Å². The zero-order valence-corrected chi connectivity index (χ0v) is 10.5. The van der Waals surface area contributed by atoms with Crippen LogP contribution >= 0.6 is 0 Å². The number of amidine groups is 1. The van der Waals surface area contributed by atoms with Crippen molar-refractivity contribution in [2.24, 2.45) is 10.9 Å². The SMILES string of the molecule is NC(=NO)C1CCCCN1C(=O)c1ccc(O)cc1. The summed E-state index contributed by atoms with van der Waals surface area (Å²) in [4.78, 5) is 14.0. The Morgan fingerprint density at radius 1 is 1.32 bits per heavy atom. The first kappa shape index (κ1) is 13.2. The highest BCUT2D eigenvalue weighted by molar-refractivity contribution is 5.98. The van der Waals surface area contributed by atoms with Crippen LogP contribution in [0.1, 0.15) is 29.6 Å². The summed E-state index contributed by atoms with van der Waals surface area (Å²) < 4.78 is 0. The first-order valence-corrected chi connectivity index (χ1v) is 6.21. The van der Waals surface area contributed by atoms with Gasteiger partial charge < -0.3 is 20.9 Å². The molecule has 6 heteroatoms. The van der Waals surface area contributed by atoms with E-state index < -0.39 is 0 Å². The average Bonchev–Trinajstić information content (AvgIpc) is 2.46. The number of benzene rings is 1. The molecule has 0 bridgehead atoms. The van der Waals surface area contributed by atoms with Crippen LogP contribution in [0.5, 0.6) is 5.75 Å². The topological polar surface area (TPSA) is 99.2 Å². The molecular weight excluding hydrogens is 246 g/mol. The lowest BCUT2D eigenvalue weighted by molar-refractivity contribution is 0.0676. The molecule has 1 amide bonds. The minimum Gasteiger partial charge on any atom is -0.508 e. The number of hydrogen-bond acceptors (Lipinski definition) is 4. The largest absolute Gasteiger partial charge is 0.508 e. The first-order chi connectivity index (χ1) is 9.13. The maximum absolute atomic E-state index is 12.4. The highest BCUT2D eigenvalue weighted by Crippen LogP contribution is 2.20. The number of likely N-dealkylation sites (tertiary alicyclic amines) is 1. The molecule has 1 atom stereocenters. The van der Waals surface area contributed by atoms with Gasteiger partial charge in [0.25, 0.3) is 5.91 Å². The highest BCUT2D eigenvalue weighted by atomic mass is 16.4. The number of nitrogens with zero attached hydrogens (tertiary/aromatic N) is 2. The lowest BCUT2D eigenvalue weighted by atomic mass is 10.00. The number of oxime groups is 1. The number of nitrogens with two attached hydrogens (primary N) is 1. The number of amides is 1. The minimum atomic E-state index is -0.361. The Morgan fingerprint density at radius 3 is 2.63 bits per heavy atom. The molecule has 19 heavy (non-hydrogen) atoms. The van der Waals surface area contributed by atoms with E-state index in [4.69, 9.17) is 10.9 Å². The van der Waals surface area contributed by atoms with E-state index in [9.17, 15) is 9.90 Å². The van der Waals surface area contributed by atoms with Crippen LogP contribution < -0.4 is 5.73 Å². The van der Waals surface area contributed by atoms with Crippen LogP contribution in [0.15, 0.2) is 29.4 Å². The van der Waals surface area contributed by atoms with Gasteiger partial charge in [0.2, 0.25) is 0 Å². The molecule has 1 aliphatic rings. The van der Waals surface area contributed by atoms with Crippen molar-refractivity contribution >= 4 is 11.7 Å². The number of carbonyl (C=O) groups excluding carboxylic acids is 1. The summed E-state index contributed by atoms with van der Waals surface area (Å²) in [6, 6.07) is 5.70. The van der Waals surface area contributed by atoms with Crippen LogP contribution in [0.4, 0.5) is 0 Å². The van der Waals surface area contributed by atoms with Crippen LogP contribution in [0.25, 0.3) is 0 Å². The molecule has 0 aliphatic carbocycles. The lowest BCUT2D eigenvalue weighted by Crippen LogP contribution is -2.50. The zero-order chi connectivity index (χ0) is 13.8. The van der Waals surface area contributed by atoms with Crippen molar-refractivity contribution in [3.8, 4) is 5.75 Å². The summed E-state index contributed by atoms with van der Waals surface area (Å²) in [5, 5.41) is 21.0. The van der Waals surface area contributed by atoms with Crippen molar-refractivity contribution in [1.82, 2.24) is 4.90 Å². The molecule has 0 saturated carbocycles. The first-order valence-electron chi connectivity index (χ1n) is 6.21. The molecule has 1 aromatic rings. The summed E-state index contributed by atoms with van der Waals surface area (Å²) in [6.45, 7) is 0.584. The van der Waals surface area contributed by atoms with Crippen LogP contribution in [0.3, 0.4) is 0 Å². The Balaban J connectivity index is 2.22. The van der Waals surface area contributed by atoms with E-state index in [1.807, 2.05) is 0 Å². The number of rotatable bonds is 2. The Labute approximate surface area is 111 Å². The van der Waals surface area contributed by atoms with E-state index in [1.165, 1.54) is 12.1 Å². The molecule has 4 N–H and O–H groups in total. The Kier molecular flexibility index (Phi) is 3.89. The second-order valence-electron chi connectivity index (χ2n) is 4.58. The van der Waals surface area contributed by atoms with E-state index in [0.717, 1.165) is 12.8 Å². The highest BCUT2D eigenvalue weighted by Gasteiger charge is 2.30. The van der Waals surface area contributed by atoms with E-state index >= 15 is 0 Å². The molecule has 0 radical (unpaired) electrons. The second-order valence-corrected chi connectivity index (χ2v) is 4.58. The molecule has 1 aliphatic heterocycles. The van der Waals surface area contributed by atoms with Crippen molar-refractivity contribution in [2.45, 2.75) is 25.3 Å². The Morgan fingerprint density at radius 2 is 2.00 bits per heavy atom. The lowest BCUT2D eigenvalue weighted by Gasteiger charge is -2.34. The fourth-order valence-electron chi connectivity index (χ4n) is 2.32. The molecule has 1 saturated heterocycles. The monoisotopic (exact) mass is 263 g/mol. The van der Waals surface area contributed by atoms with Gasteiger partial charge in [0.05, 0.1) is 6.04 Å². The predicted molar refractivity (Wildman–Crippen MR) is 70.2 cm³/mol. The third-order valence-corrected chi connectivity index (χ3v) is 3.33. The molecule has 2 rings (SSSR count). The van der Waals surface area contributed by atoms with Crippen molar-refractivity contribution in [1.29, 1.82) is 0 Å². The molecular formula is C13H17N3O3. The number of hydrogen-bond donors (Lipinski definition) is 3. The summed E-state index contributed by atoms with van der Waals surface area (Å²) in [5.74, 6) is 0.00584. The molecule has 1 fully saturated rings. The van der Waals surface area contributed by atoms with Crippen LogP contribution in [0, 0.1) is 0 Å². The van der Waals surface area contributed by atoms with E-state index in [2.05, 4.69) is 5.16 Å². The number of phenolic OH excluding ortho intramolecular Hbond substituents is 1. The third kappa shape index (κ3) is 2.78. The van der Waals surface area contributed by atoms with Gasteiger partial charge in [-0.1, -0.05) is 5.16 Å². The smallest absolute Gasteiger partial charge is 0.254 e. The molecule has 6 nitrogen and oxygen atoms in total. The Bertz CT molecular complexity index is 484. The van der Waals surface area contributed by atoms with Gasteiger partial charge in [-0.15, -0.1) is 0 Å². The fourth-order valence-corrected chi connectivity index (χ4v) is 2.32. The minimum absolute atomic E-state index is 0.0619. The molecule has 1 unspecified atom stereocenters. The van der Waals surface area contributed by atoms with Gasteiger partial charge in [0, 0.05) is 12.1 Å². The van der Waals surface area contributed by atoms with Crippen LogP contribution in [0.2, 0.25) is 0 Å². The van der Waals surface area contributed by atoms with Gasteiger partial charge >= 0.3 is 0 Å². The van der Waals surface area contributed by atoms with Gasteiger partial charge in [-0.2, -0.15) is 0 Å². The summed E-state index contributed by atoms with van der Waals surface area (Å²) in [7, 11) is 0. The number of aromatic hydroxyl groups is 1. The van der Waals surface area contributed by atoms with Gasteiger partial charge in [-0.3, -0.25) is 4.79 Å². The van der Waals surface area contributed by atoms with Gasteiger partial charge in [0.1, 0.15) is 5.75 Å². The number of carbonyl (C=O) groups is 1. The summed E-state index contributed by atoms with van der Waals surface area (Å²) >= 11 is 0.